The Morgan fingerprint density at radius 2 is 0.575 bits per heavy atom. The van der Waals surface area contributed by atoms with Gasteiger partial charge in [0, 0.05) is 0 Å². The maximum absolute atomic E-state index is 5.48. The predicted octanol–water partition coefficient (Wildman–Crippen LogP) is 7.14. The number of rotatable bonds is 12. The zero-order valence-electron chi connectivity index (χ0n) is 24.1. The summed E-state index contributed by atoms with van der Waals surface area (Å²) in [5.41, 5.74) is 5.79. The zero-order valence-corrected chi connectivity index (χ0v) is 26.1. The van der Waals surface area contributed by atoms with Crippen LogP contribution in [-0.2, 0) is 24.2 Å². The molecule has 208 valence electrons. The monoisotopic (exact) mass is 568 g/mol. The molecule has 4 nitrogen and oxygen atoms in total. The summed E-state index contributed by atoms with van der Waals surface area (Å²) in [6.45, 7) is 0. The van der Waals surface area contributed by atoms with E-state index in [1.165, 1.54) is 58.5 Å². The first-order valence-electron chi connectivity index (χ1n) is 14.0. The Morgan fingerprint density at radius 3 is 0.725 bits per heavy atom. The van der Waals surface area contributed by atoms with Crippen molar-refractivity contribution in [2.75, 3.05) is 28.4 Å². The highest BCUT2D eigenvalue weighted by atomic mass is 29.3. The van der Waals surface area contributed by atoms with E-state index in [2.05, 4.69) is 97.1 Å². The maximum atomic E-state index is 5.48. The van der Waals surface area contributed by atoms with E-state index in [9.17, 15) is 0 Å². The molecule has 0 unspecified atom stereocenters. The molecule has 0 aliphatic carbocycles. The Labute approximate surface area is 240 Å². The van der Waals surface area contributed by atoms with Crippen LogP contribution in [0, 0.1) is 0 Å². The van der Waals surface area contributed by atoms with E-state index in [0.29, 0.717) is 0 Å². The van der Waals surface area contributed by atoms with Crippen molar-refractivity contribution in [1.29, 1.82) is 0 Å². The van der Waals surface area contributed by atoms with Gasteiger partial charge in [0.2, 0.25) is 0 Å². The lowest BCUT2D eigenvalue weighted by Gasteiger charge is -2.58. The largest absolute Gasteiger partial charge is 0.497 e. The minimum Gasteiger partial charge on any atom is -0.497 e. The van der Waals surface area contributed by atoms with Crippen LogP contribution in [0.1, 0.15) is 22.3 Å². The molecule has 0 spiro atoms. The molecule has 0 aromatic heterocycles. The molecule has 1 heterocycles. The van der Waals surface area contributed by atoms with Crippen LogP contribution in [0.25, 0.3) is 0 Å². The third kappa shape index (κ3) is 5.98. The van der Waals surface area contributed by atoms with Gasteiger partial charge in [0.15, 0.2) is 0 Å². The lowest BCUT2D eigenvalue weighted by atomic mass is 10.2. The van der Waals surface area contributed by atoms with Gasteiger partial charge in [0.25, 0.3) is 0 Å². The van der Waals surface area contributed by atoms with Crippen molar-refractivity contribution in [3.05, 3.63) is 119 Å². The molecule has 0 atom stereocenters. The SMILES string of the molecule is COc1ccc(C[Si]2(Cc3ccc(OC)cc3)CC[Si]2(Cc2ccc(OC)cc2)Cc2ccc(OC)cc2)cc1. The minimum atomic E-state index is -1.77. The molecule has 1 aliphatic heterocycles. The van der Waals surface area contributed by atoms with Crippen LogP contribution in [0.15, 0.2) is 97.1 Å². The fourth-order valence-corrected chi connectivity index (χ4v) is 26.7. The van der Waals surface area contributed by atoms with Crippen molar-refractivity contribution in [1.82, 2.24) is 0 Å². The standard InChI is InChI=1S/C34H40O4Si2/c1-35-31-13-5-27(6-14-31)23-39(24-28-7-15-32(36-2)16-8-28)21-22-40(39,25-29-9-17-33(37-3)18-10-29)26-30-11-19-34(38-4)20-12-30/h5-20H,21-26H2,1-4H3. The summed E-state index contributed by atoms with van der Waals surface area (Å²) in [7, 11) is 3.41. The highest BCUT2D eigenvalue weighted by molar-refractivity contribution is 7.45. The van der Waals surface area contributed by atoms with Crippen molar-refractivity contribution < 1.29 is 18.9 Å². The smallest absolute Gasteiger partial charge is 0.118 e. The lowest BCUT2D eigenvalue weighted by molar-refractivity contribution is 0.414. The summed E-state index contributed by atoms with van der Waals surface area (Å²) in [4.78, 5) is 0. The molecule has 4 aromatic carbocycles. The molecule has 6 heteroatoms. The number of benzene rings is 4. The van der Waals surface area contributed by atoms with Gasteiger partial charge < -0.3 is 18.9 Å². The van der Waals surface area contributed by atoms with E-state index in [-0.39, 0.29) is 0 Å². The normalized spacial score (nSPS) is 15.1. The van der Waals surface area contributed by atoms with Crippen LogP contribution < -0.4 is 18.9 Å². The van der Waals surface area contributed by atoms with Gasteiger partial charge >= 0.3 is 0 Å². The van der Waals surface area contributed by atoms with E-state index < -0.39 is 15.2 Å². The lowest BCUT2D eigenvalue weighted by Crippen LogP contribution is -2.76. The molecule has 1 saturated heterocycles. The summed E-state index contributed by atoms with van der Waals surface area (Å²) in [5, 5.41) is 0. The van der Waals surface area contributed by atoms with Gasteiger partial charge in [0.1, 0.15) is 23.0 Å². The maximum Gasteiger partial charge on any atom is 0.118 e. The van der Waals surface area contributed by atoms with Gasteiger partial charge in [-0.1, -0.05) is 82.9 Å². The molecule has 0 radical (unpaired) electrons. The molecule has 1 fully saturated rings. The molecular weight excluding hydrogens is 529 g/mol. The molecule has 0 bridgehead atoms. The van der Waals surface area contributed by atoms with Crippen molar-refractivity contribution in [3.63, 3.8) is 0 Å². The van der Waals surface area contributed by atoms with Crippen molar-refractivity contribution in [2.24, 2.45) is 0 Å². The van der Waals surface area contributed by atoms with Crippen LogP contribution in [0.5, 0.6) is 23.0 Å². The van der Waals surface area contributed by atoms with Crippen LogP contribution in [-0.4, -0.2) is 43.6 Å². The molecule has 1 aliphatic rings. The fraction of sp³-hybridized carbons (Fsp3) is 0.294. The summed E-state index contributed by atoms with van der Waals surface area (Å²) in [6.07, 6.45) is 0. The predicted molar refractivity (Wildman–Crippen MR) is 168 cm³/mol. The average molecular weight is 569 g/mol. The highest BCUT2D eigenvalue weighted by Gasteiger charge is 2.60. The summed E-state index contributed by atoms with van der Waals surface area (Å²) < 4.78 is 21.9. The Balaban J connectivity index is 1.56. The van der Waals surface area contributed by atoms with Crippen molar-refractivity contribution >= 4 is 15.2 Å². The molecule has 5 rings (SSSR count). The third-order valence-corrected chi connectivity index (χ3v) is 28.9. The van der Waals surface area contributed by atoms with Crippen LogP contribution >= 0.6 is 0 Å². The van der Waals surface area contributed by atoms with E-state index >= 15 is 0 Å². The average Bonchev–Trinajstić information content (AvgIpc) is 3.01. The first-order valence-corrected chi connectivity index (χ1v) is 20.3. The van der Waals surface area contributed by atoms with Crippen LogP contribution in [0.4, 0.5) is 0 Å². The van der Waals surface area contributed by atoms with Gasteiger partial charge in [-0.3, -0.25) is 0 Å². The second kappa shape index (κ2) is 12.4. The minimum absolute atomic E-state index is 0.920. The summed E-state index contributed by atoms with van der Waals surface area (Å²) >= 11 is 0. The van der Waals surface area contributed by atoms with E-state index in [1.807, 2.05) is 0 Å². The van der Waals surface area contributed by atoms with Gasteiger partial charge in [-0.25, -0.2) is 0 Å². The Hall–Kier alpha value is -3.49. The number of hydrogen-bond donors (Lipinski definition) is 0. The number of methoxy groups -OCH3 is 4. The number of ether oxygens (including phenoxy) is 4. The fourth-order valence-electron chi connectivity index (χ4n) is 6.60. The second-order valence-corrected chi connectivity index (χ2v) is 25.1. The highest BCUT2D eigenvalue weighted by Crippen LogP contribution is 2.48. The van der Waals surface area contributed by atoms with Crippen molar-refractivity contribution in [2.45, 2.75) is 36.3 Å². The molecule has 40 heavy (non-hydrogen) atoms. The third-order valence-electron chi connectivity index (χ3n) is 9.01. The molecule has 0 amide bonds. The van der Waals surface area contributed by atoms with Crippen molar-refractivity contribution in [3.8, 4) is 23.0 Å². The second-order valence-electron chi connectivity index (χ2n) is 11.2. The van der Waals surface area contributed by atoms with Crippen LogP contribution in [0.2, 0.25) is 12.1 Å². The topological polar surface area (TPSA) is 36.9 Å². The Bertz CT molecular complexity index is 1160. The summed E-state index contributed by atoms with van der Waals surface area (Å²) in [5.74, 6) is 3.68. The Kier molecular flexibility index (Phi) is 8.67. The molecular formula is C34H40O4Si2. The molecule has 4 aromatic rings. The van der Waals surface area contributed by atoms with Gasteiger partial charge in [0.05, 0.1) is 43.6 Å². The first kappa shape index (κ1) is 28.1. The van der Waals surface area contributed by atoms with Gasteiger partial charge in [-0.15, -0.1) is 0 Å². The van der Waals surface area contributed by atoms with Gasteiger partial charge in [-0.05, 0) is 72.7 Å². The van der Waals surface area contributed by atoms with Crippen LogP contribution in [0.3, 0.4) is 0 Å². The van der Waals surface area contributed by atoms with E-state index in [1.54, 1.807) is 28.4 Å². The molecule has 0 saturated carbocycles. The van der Waals surface area contributed by atoms with Gasteiger partial charge in [-0.2, -0.15) is 0 Å². The summed E-state index contributed by atoms with van der Waals surface area (Å²) in [6, 6.07) is 42.9. The number of hydrogen-bond acceptors (Lipinski definition) is 4. The first-order chi connectivity index (χ1) is 19.5. The quantitative estimate of drug-likeness (QED) is 0.170. The van der Waals surface area contributed by atoms with E-state index in [0.717, 1.165) is 23.0 Å². The zero-order chi connectivity index (χ0) is 28.0. The molecule has 0 N–H and O–H groups in total. The van der Waals surface area contributed by atoms with E-state index in [4.69, 9.17) is 18.9 Å². The Morgan fingerprint density at radius 1 is 0.375 bits per heavy atom.